The molecule has 0 bridgehead atoms. The maximum atomic E-state index is 13.3. The van der Waals surface area contributed by atoms with Crippen molar-refractivity contribution in [3.63, 3.8) is 0 Å². The summed E-state index contributed by atoms with van der Waals surface area (Å²) in [6.45, 7) is 5.43. The van der Waals surface area contributed by atoms with E-state index in [4.69, 9.17) is 17.0 Å². The third-order valence-corrected chi connectivity index (χ3v) is 3.67. The minimum absolute atomic E-state index is 0.0263. The van der Waals surface area contributed by atoms with Crippen molar-refractivity contribution in [2.45, 2.75) is 33.0 Å². The van der Waals surface area contributed by atoms with Crippen LogP contribution in [0.5, 0.6) is 0 Å². The van der Waals surface area contributed by atoms with E-state index in [0.29, 0.717) is 5.70 Å². The van der Waals surface area contributed by atoms with Crippen molar-refractivity contribution < 1.29 is 22.7 Å². The largest absolute Gasteiger partial charge is 0.462 e. The van der Waals surface area contributed by atoms with Gasteiger partial charge in [-0.2, -0.15) is 13.2 Å². The Bertz CT molecular complexity index is 717. The highest BCUT2D eigenvalue weighted by Crippen LogP contribution is 2.37. The van der Waals surface area contributed by atoms with Crippen molar-refractivity contribution in [2.75, 3.05) is 6.61 Å². The van der Waals surface area contributed by atoms with Crippen LogP contribution in [0.1, 0.15) is 38.1 Å². The minimum Gasteiger partial charge on any atom is -0.462 e. The summed E-state index contributed by atoms with van der Waals surface area (Å²) in [5.41, 5.74) is -0.895. The monoisotopic (exact) mass is 373 g/mol. The predicted octanol–water partition coefficient (Wildman–Crippen LogP) is 3.09. The number of pyridine rings is 1. The van der Waals surface area contributed by atoms with Crippen LogP contribution < -0.4 is 10.6 Å². The van der Waals surface area contributed by atoms with Crippen molar-refractivity contribution in [3.8, 4) is 0 Å². The van der Waals surface area contributed by atoms with E-state index in [2.05, 4.69) is 15.6 Å². The van der Waals surface area contributed by atoms with Gasteiger partial charge in [0.15, 0.2) is 5.11 Å². The van der Waals surface area contributed by atoms with E-state index in [9.17, 15) is 18.0 Å². The highest BCUT2D eigenvalue weighted by atomic mass is 32.1. The molecule has 0 radical (unpaired) electrons. The average Bonchev–Trinajstić information content (AvgIpc) is 2.51. The first-order valence-corrected chi connectivity index (χ1v) is 7.99. The second-order valence-electron chi connectivity index (χ2n) is 6.00. The third kappa shape index (κ3) is 4.47. The second kappa shape index (κ2) is 7.38. The zero-order valence-corrected chi connectivity index (χ0v) is 14.7. The lowest BCUT2D eigenvalue weighted by Gasteiger charge is -2.30. The minimum atomic E-state index is -4.61. The lowest BCUT2D eigenvalue weighted by molar-refractivity contribution is -0.142. The zero-order chi connectivity index (χ0) is 18.8. The van der Waals surface area contributed by atoms with E-state index in [1.807, 2.05) is 13.8 Å². The van der Waals surface area contributed by atoms with E-state index in [1.54, 1.807) is 6.92 Å². The SMILES string of the molecule is CC1=C(C(=O)OCC(C)C)[C@@H](c2ncccc2C(F)(F)F)NC(=S)N1. The van der Waals surface area contributed by atoms with E-state index < -0.39 is 23.8 Å². The Kier molecular flexibility index (Phi) is 5.66. The molecule has 0 amide bonds. The van der Waals surface area contributed by atoms with Crippen molar-refractivity contribution in [3.05, 3.63) is 40.9 Å². The van der Waals surface area contributed by atoms with Crippen molar-refractivity contribution in [1.29, 1.82) is 0 Å². The predicted molar refractivity (Wildman–Crippen MR) is 89.3 cm³/mol. The molecule has 2 N–H and O–H groups in total. The molecule has 25 heavy (non-hydrogen) atoms. The van der Waals surface area contributed by atoms with Gasteiger partial charge in [-0.25, -0.2) is 4.79 Å². The van der Waals surface area contributed by atoms with Gasteiger partial charge in [0.25, 0.3) is 0 Å². The third-order valence-electron chi connectivity index (χ3n) is 3.45. The number of halogens is 3. The van der Waals surface area contributed by atoms with Gasteiger partial charge in [-0.15, -0.1) is 0 Å². The fourth-order valence-corrected chi connectivity index (χ4v) is 2.65. The number of rotatable bonds is 4. The number of nitrogens with one attached hydrogen (secondary N) is 2. The van der Waals surface area contributed by atoms with Gasteiger partial charge in [0, 0.05) is 11.9 Å². The first-order valence-electron chi connectivity index (χ1n) is 7.58. The Hall–Kier alpha value is -2.16. The van der Waals surface area contributed by atoms with Crippen LogP contribution >= 0.6 is 12.2 Å². The summed E-state index contributed by atoms with van der Waals surface area (Å²) in [6, 6.07) is 0.965. The van der Waals surface area contributed by atoms with E-state index >= 15 is 0 Å². The Morgan fingerprint density at radius 3 is 2.72 bits per heavy atom. The van der Waals surface area contributed by atoms with Crippen molar-refractivity contribution in [2.24, 2.45) is 5.92 Å². The van der Waals surface area contributed by atoms with Crippen LogP contribution in [0, 0.1) is 5.92 Å². The Morgan fingerprint density at radius 2 is 2.12 bits per heavy atom. The van der Waals surface area contributed by atoms with Gasteiger partial charge in [0.2, 0.25) is 0 Å². The molecule has 2 rings (SSSR count). The van der Waals surface area contributed by atoms with Crippen LogP contribution in [0.4, 0.5) is 13.2 Å². The molecule has 0 spiro atoms. The van der Waals surface area contributed by atoms with Gasteiger partial charge in [-0.05, 0) is 37.2 Å². The second-order valence-corrected chi connectivity index (χ2v) is 6.40. The average molecular weight is 373 g/mol. The fraction of sp³-hybridized carbons (Fsp3) is 0.438. The molecule has 0 saturated heterocycles. The van der Waals surface area contributed by atoms with Crippen LogP contribution in [0.3, 0.4) is 0 Å². The molecule has 0 unspecified atom stereocenters. The molecule has 0 aliphatic carbocycles. The summed E-state index contributed by atoms with van der Waals surface area (Å²) >= 11 is 5.02. The summed E-state index contributed by atoms with van der Waals surface area (Å²) in [5.74, 6) is -0.619. The van der Waals surface area contributed by atoms with Crippen molar-refractivity contribution in [1.82, 2.24) is 15.6 Å². The quantitative estimate of drug-likeness (QED) is 0.625. The van der Waals surface area contributed by atoms with Gasteiger partial charge >= 0.3 is 12.1 Å². The zero-order valence-electron chi connectivity index (χ0n) is 13.9. The summed E-state index contributed by atoms with van der Waals surface area (Å²) < 4.78 is 45.2. The number of alkyl halides is 3. The maximum absolute atomic E-state index is 13.3. The van der Waals surface area contributed by atoms with Gasteiger partial charge in [-0.1, -0.05) is 13.8 Å². The number of aromatic nitrogens is 1. The lowest BCUT2D eigenvalue weighted by atomic mass is 9.96. The number of hydrogen-bond acceptors (Lipinski definition) is 4. The molecule has 0 aromatic carbocycles. The molecule has 5 nitrogen and oxygen atoms in total. The molecule has 1 aliphatic rings. The van der Waals surface area contributed by atoms with Gasteiger partial charge in [0.1, 0.15) is 6.04 Å². The van der Waals surface area contributed by atoms with Gasteiger partial charge in [-0.3, -0.25) is 4.98 Å². The van der Waals surface area contributed by atoms with Crippen LogP contribution in [0.15, 0.2) is 29.6 Å². The molecule has 136 valence electrons. The highest BCUT2D eigenvalue weighted by Gasteiger charge is 2.40. The summed E-state index contributed by atoms with van der Waals surface area (Å²) in [7, 11) is 0. The molecular weight excluding hydrogens is 355 g/mol. The van der Waals surface area contributed by atoms with Crippen LogP contribution in [-0.4, -0.2) is 22.7 Å². The maximum Gasteiger partial charge on any atom is 0.418 e. The molecular formula is C16H18F3N3O2S. The summed E-state index contributed by atoms with van der Waals surface area (Å²) in [5, 5.41) is 5.55. The molecule has 0 fully saturated rings. The number of ether oxygens (including phenoxy) is 1. The molecule has 1 aromatic rings. The van der Waals surface area contributed by atoms with Crippen LogP contribution in [0.25, 0.3) is 0 Å². The number of carbonyl (C=O) groups excluding carboxylic acids is 1. The number of esters is 1. The Labute approximate surface area is 148 Å². The van der Waals surface area contributed by atoms with Gasteiger partial charge < -0.3 is 15.4 Å². The molecule has 2 heterocycles. The highest BCUT2D eigenvalue weighted by molar-refractivity contribution is 7.80. The Balaban J connectivity index is 2.49. The van der Waals surface area contributed by atoms with E-state index in [-0.39, 0.29) is 28.9 Å². The molecule has 1 aliphatic heterocycles. The number of thiocarbonyl (C=S) groups is 1. The summed E-state index contributed by atoms with van der Waals surface area (Å²) in [6.07, 6.45) is -3.37. The fourth-order valence-electron chi connectivity index (χ4n) is 2.38. The van der Waals surface area contributed by atoms with Crippen LogP contribution in [-0.2, 0) is 15.7 Å². The smallest absolute Gasteiger partial charge is 0.418 e. The topological polar surface area (TPSA) is 63.2 Å². The van der Waals surface area contributed by atoms with Crippen LogP contribution in [0.2, 0.25) is 0 Å². The first kappa shape index (κ1) is 19.2. The Morgan fingerprint density at radius 1 is 1.44 bits per heavy atom. The molecule has 0 saturated carbocycles. The van der Waals surface area contributed by atoms with Crippen molar-refractivity contribution >= 4 is 23.3 Å². The number of nitrogens with zero attached hydrogens (tertiary/aromatic N) is 1. The normalized spacial score (nSPS) is 18.0. The van der Waals surface area contributed by atoms with E-state index in [1.165, 1.54) is 12.3 Å². The van der Waals surface area contributed by atoms with E-state index in [0.717, 1.165) is 6.07 Å². The summed E-state index contributed by atoms with van der Waals surface area (Å²) in [4.78, 5) is 16.3. The number of hydrogen-bond donors (Lipinski definition) is 2. The molecule has 1 aromatic heterocycles. The molecule has 1 atom stereocenters. The van der Waals surface area contributed by atoms with Gasteiger partial charge in [0.05, 0.1) is 23.4 Å². The first-order chi connectivity index (χ1) is 11.6. The molecule has 9 heteroatoms. The standard InChI is InChI=1S/C16H18F3N3O2S/c1-8(2)7-24-14(23)11-9(3)21-15(25)22-13(11)12-10(16(17,18)19)5-4-6-20-12/h4-6,8,13H,7H2,1-3H3,(H2,21,22,25)/t13-/m0/s1. The number of allylic oxidation sites excluding steroid dienone is 1. The number of carbonyl (C=O) groups is 1. The lowest BCUT2D eigenvalue weighted by Crippen LogP contribution is -2.46.